The highest BCUT2D eigenvalue weighted by molar-refractivity contribution is 7.85. The predicted molar refractivity (Wildman–Crippen MR) is 151 cm³/mol. The van der Waals surface area contributed by atoms with Crippen LogP contribution in [0, 0.1) is 0 Å². The number of hydrogen-bond acceptors (Lipinski definition) is 7. The molecule has 0 saturated heterocycles. The van der Waals surface area contributed by atoms with Crippen molar-refractivity contribution in [3.63, 3.8) is 0 Å². The molecule has 0 radical (unpaired) electrons. The Morgan fingerprint density at radius 1 is 1.03 bits per heavy atom. The Bertz CT molecular complexity index is 1720. The smallest absolute Gasteiger partial charge is 0.294 e. The molecule has 0 saturated carbocycles. The molecule has 0 aromatic heterocycles. The fourth-order valence-electron chi connectivity index (χ4n) is 4.00. The number of aromatic hydroxyl groups is 1. The second kappa shape index (κ2) is 11.6. The van der Waals surface area contributed by atoms with Crippen molar-refractivity contribution in [2.75, 3.05) is 11.9 Å². The third kappa shape index (κ3) is 5.99. The largest absolute Gasteiger partial charge is 0.505 e. The van der Waals surface area contributed by atoms with Crippen LogP contribution in [0.1, 0.15) is 29.8 Å². The van der Waals surface area contributed by atoms with Gasteiger partial charge >= 0.3 is 0 Å². The number of rotatable bonds is 8. The van der Waals surface area contributed by atoms with Gasteiger partial charge in [0.1, 0.15) is 17.1 Å². The summed E-state index contributed by atoms with van der Waals surface area (Å²) < 4.78 is 38.5. The van der Waals surface area contributed by atoms with Crippen molar-refractivity contribution in [3.8, 4) is 11.5 Å². The molecule has 4 aromatic rings. The van der Waals surface area contributed by atoms with Gasteiger partial charge in [-0.1, -0.05) is 54.4 Å². The minimum absolute atomic E-state index is 0.00681. The summed E-state index contributed by atoms with van der Waals surface area (Å²) in [4.78, 5) is 13.0. The maximum atomic E-state index is 13.3. The summed E-state index contributed by atoms with van der Waals surface area (Å²) in [5.74, 6) is -0.682. The first-order chi connectivity index (χ1) is 18.5. The van der Waals surface area contributed by atoms with Crippen molar-refractivity contribution in [3.05, 3.63) is 81.8 Å². The number of carbonyl (C=O) groups is 1. The SMILES string of the molecule is CCOc1cc(Cl)ccc1NC(=O)c1cc2ccccc2c(N=Nc2ccc(S(=O)(=O)O)c(CC)c2Cl)c1O. The summed E-state index contributed by atoms with van der Waals surface area (Å²) in [5, 5.41) is 23.8. The number of phenols is 1. The van der Waals surface area contributed by atoms with Crippen molar-refractivity contribution in [1.29, 1.82) is 0 Å². The minimum atomic E-state index is -4.50. The molecule has 39 heavy (non-hydrogen) atoms. The molecule has 0 spiro atoms. The average molecular weight is 588 g/mol. The number of halogens is 2. The molecule has 0 atom stereocenters. The Balaban J connectivity index is 1.79. The maximum Gasteiger partial charge on any atom is 0.294 e. The normalized spacial score (nSPS) is 11.7. The number of nitrogens with one attached hydrogen (secondary N) is 1. The van der Waals surface area contributed by atoms with Crippen LogP contribution in [0.4, 0.5) is 17.1 Å². The third-order valence-electron chi connectivity index (χ3n) is 5.80. The van der Waals surface area contributed by atoms with Gasteiger partial charge in [-0.3, -0.25) is 9.35 Å². The van der Waals surface area contributed by atoms with Gasteiger partial charge in [-0.15, -0.1) is 10.2 Å². The summed E-state index contributed by atoms with van der Waals surface area (Å²) in [6.45, 7) is 3.82. The fraction of sp³-hybridized carbons (Fsp3) is 0.148. The number of amides is 1. The van der Waals surface area contributed by atoms with Crippen LogP contribution in [-0.4, -0.2) is 30.6 Å². The van der Waals surface area contributed by atoms with E-state index in [2.05, 4.69) is 15.5 Å². The second-order valence-corrected chi connectivity index (χ2v) is 10.5. The Kier molecular flexibility index (Phi) is 8.41. The molecule has 9 nitrogen and oxygen atoms in total. The number of carbonyl (C=O) groups excluding carboxylic acids is 1. The average Bonchev–Trinajstić information content (AvgIpc) is 2.89. The molecule has 202 valence electrons. The number of nitrogens with zero attached hydrogens (tertiary/aromatic N) is 2. The molecule has 3 N–H and O–H groups in total. The van der Waals surface area contributed by atoms with E-state index in [0.717, 1.165) is 0 Å². The van der Waals surface area contributed by atoms with Gasteiger partial charge in [0.15, 0.2) is 5.75 Å². The van der Waals surface area contributed by atoms with Crippen LogP contribution >= 0.6 is 23.2 Å². The highest BCUT2D eigenvalue weighted by Gasteiger charge is 2.21. The molecule has 0 aliphatic rings. The van der Waals surface area contributed by atoms with Crippen LogP contribution in [0.15, 0.2) is 75.8 Å². The first kappa shape index (κ1) is 28.3. The van der Waals surface area contributed by atoms with Gasteiger partial charge in [0.05, 0.1) is 27.8 Å². The van der Waals surface area contributed by atoms with Gasteiger partial charge in [-0.2, -0.15) is 8.42 Å². The summed E-state index contributed by atoms with van der Waals surface area (Å²) in [6, 6.07) is 15.7. The third-order valence-corrected chi connectivity index (χ3v) is 7.40. The first-order valence-corrected chi connectivity index (χ1v) is 13.9. The van der Waals surface area contributed by atoms with Gasteiger partial charge in [-0.05, 0) is 54.6 Å². The summed E-state index contributed by atoms with van der Waals surface area (Å²) in [6.07, 6.45) is 0.204. The number of anilines is 1. The van der Waals surface area contributed by atoms with Gasteiger partial charge < -0.3 is 15.2 Å². The van der Waals surface area contributed by atoms with Gasteiger partial charge in [0.25, 0.3) is 16.0 Å². The van der Waals surface area contributed by atoms with Crippen LogP contribution in [0.25, 0.3) is 10.8 Å². The lowest BCUT2D eigenvalue weighted by Gasteiger charge is -2.14. The Hall–Kier alpha value is -3.70. The quantitative estimate of drug-likeness (QED) is 0.142. The van der Waals surface area contributed by atoms with Crippen molar-refractivity contribution in [2.24, 2.45) is 10.2 Å². The molecule has 0 aliphatic heterocycles. The van der Waals surface area contributed by atoms with E-state index in [1.807, 2.05) is 0 Å². The Morgan fingerprint density at radius 2 is 1.77 bits per heavy atom. The minimum Gasteiger partial charge on any atom is -0.505 e. The maximum absolute atomic E-state index is 13.3. The monoisotopic (exact) mass is 587 g/mol. The van der Waals surface area contributed by atoms with E-state index in [-0.39, 0.29) is 38.8 Å². The highest BCUT2D eigenvalue weighted by Crippen LogP contribution is 2.41. The molecule has 1 amide bonds. The van der Waals surface area contributed by atoms with E-state index in [0.29, 0.717) is 33.8 Å². The molecule has 0 unspecified atom stereocenters. The molecule has 4 aromatic carbocycles. The summed E-state index contributed by atoms with van der Waals surface area (Å²) in [7, 11) is -4.50. The molecule has 0 aliphatic carbocycles. The molecule has 4 rings (SSSR count). The highest BCUT2D eigenvalue weighted by atomic mass is 35.5. The topological polar surface area (TPSA) is 138 Å². The molecule has 12 heteroatoms. The van der Waals surface area contributed by atoms with Crippen LogP contribution < -0.4 is 10.1 Å². The number of azo groups is 1. The van der Waals surface area contributed by atoms with Gasteiger partial charge in [0, 0.05) is 16.5 Å². The zero-order valence-electron chi connectivity index (χ0n) is 20.8. The van der Waals surface area contributed by atoms with Crippen molar-refractivity contribution >= 4 is 67.1 Å². The van der Waals surface area contributed by atoms with E-state index in [9.17, 15) is 22.9 Å². The lowest BCUT2D eigenvalue weighted by atomic mass is 10.0. The summed E-state index contributed by atoms with van der Waals surface area (Å²) in [5.41, 5.74) is 0.585. The molecular formula is C27H23Cl2N3O6S. The predicted octanol–water partition coefficient (Wildman–Crippen LogP) is 7.73. The number of benzene rings is 4. The van der Waals surface area contributed by atoms with Crippen LogP contribution in [0.2, 0.25) is 10.0 Å². The standard InChI is InChI=1S/C27H23Cl2N3O6S/c1-3-17-23(39(35,36)37)12-11-21(24(17)29)31-32-25-18-8-6-5-7-15(18)13-19(26(25)33)27(34)30-20-10-9-16(28)14-22(20)38-4-2/h5-14,33H,3-4H2,1-2H3,(H,30,34)(H,35,36,37). The molecular weight excluding hydrogens is 565 g/mol. The lowest BCUT2D eigenvalue weighted by Crippen LogP contribution is -2.13. The van der Waals surface area contributed by atoms with Crippen LogP contribution in [-0.2, 0) is 16.5 Å². The van der Waals surface area contributed by atoms with Crippen molar-refractivity contribution in [1.82, 2.24) is 0 Å². The van der Waals surface area contributed by atoms with E-state index < -0.39 is 21.8 Å². The molecule has 0 bridgehead atoms. The van der Waals surface area contributed by atoms with Crippen LogP contribution in [0.3, 0.4) is 0 Å². The lowest BCUT2D eigenvalue weighted by molar-refractivity contribution is 0.102. The Labute approximate surface area is 234 Å². The van der Waals surface area contributed by atoms with Gasteiger partial charge in [-0.25, -0.2) is 0 Å². The summed E-state index contributed by atoms with van der Waals surface area (Å²) >= 11 is 12.4. The second-order valence-electron chi connectivity index (χ2n) is 8.27. The van der Waals surface area contributed by atoms with E-state index in [1.165, 1.54) is 18.2 Å². The van der Waals surface area contributed by atoms with E-state index in [4.69, 9.17) is 27.9 Å². The molecule has 0 heterocycles. The van der Waals surface area contributed by atoms with Gasteiger partial charge in [0.2, 0.25) is 0 Å². The molecule has 0 fully saturated rings. The fourth-order valence-corrected chi connectivity index (χ4v) is 5.35. The van der Waals surface area contributed by atoms with E-state index >= 15 is 0 Å². The number of hydrogen-bond donors (Lipinski definition) is 3. The number of ether oxygens (including phenoxy) is 1. The van der Waals surface area contributed by atoms with Crippen molar-refractivity contribution in [2.45, 2.75) is 25.2 Å². The van der Waals surface area contributed by atoms with Crippen molar-refractivity contribution < 1.29 is 27.6 Å². The zero-order valence-corrected chi connectivity index (χ0v) is 23.1. The number of phenolic OH excluding ortho intramolecular Hbond substituents is 1. The number of fused-ring (bicyclic) bond motifs is 1. The first-order valence-electron chi connectivity index (χ1n) is 11.7. The van der Waals surface area contributed by atoms with E-state index in [1.54, 1.807) is 56.3 Å². The Morgan fingerprint density at radius 3 is 2.46 bits per heavy atom. The van der Waals surface area contributed by atoms with Crippen LogP contribution in [0.5, 0.6) is 11.5 Å². The zero-order chi connectivity index (χ0) is 28.3.